The summed E-state index contributed by atoms with van der Waals surface area (Å²) in [5, 5.41) is 9.50. The molecule has 3 N–H and O–H groups in total. The largest absolute Gasteiger partial charge is 0.423 e. The highest BCUT2D eigenvalue weighted by Gasteiger charge is 2.56. The number of para-hydroxylation sites is 1. The summed E-state index contributed by atoms with van der Waals surface area (Å²) >= 11 is 0.834. The molecule has 1 heterocycles. The predicted molar refractivity (Wildman–Crippen MR) is 63.2 cm³/mol. The van der Waals surface area contributed by atoms with E-state index in [1.807, 2.05) is 0 Å². The van der Waals surface area contributed by atoms with E-state index in [0.29, 0.717) is 10.2 Å². The normalized spacial score (nSPS) is 15.8. The summed E-state index contributed by atoms with van der Waals surface area (Å²) < 4.78 is 39.5. The van der Waals surface area contributed by atoms with E-state index >= 15 is 0 Å². The molecular weight excluding hydrogens is 265 g/mol. The van der Waals surface area contributed by atoms with Gasteiger partial charge in [0.15, 0.2) is 0 Å². The number of nitrogens with zero attached hydrogens (tertiary/aromatic N) is 1. The Labute approximate surface area is 105 Å². The number of hydrogen-bond donors (Lipinski definition) is 2. The number of aromatic nitrogens is 1. The van der Waals surface area contributed by atoms with Crippen LogP contribution in [0.4, 0.5) is 13.2 Å². The van der Waals surface area contributed by atoms with Crippen molar-refractivity contribution in [3.63, 3.8) is 0 Å². The first-order valence-corrected chi connectivity index (χ1v) is 6.05. The quantitative estimate of drug-likeness (QED) is 0.905. The van der Waals surface area contributed by atoms with Gasteiger partial charge in [0.1, 0.15) is 5.01 Å². The average Bonchev–Trinajstić information content (AvgIpc) is 2.71. The SMILES string of the molecule is NCCC(O)(c1nc2ccccc2s1)C(F)(F)F. The first kappa shape index (κ1) is 13.3. The van der Waals surface area contributed by atoms with Crippen molar-refractivity contribution in [2.24, 2.45) is 5.73 Å². The highest BCUT2D eigenvalue weighted by atomic mass is 32.1. The summed E-state index contributed by atoms with van der Waals surface area (Å²) in [6.45, 7) is -0.272. The molecule has 2 rings (SSSR count). The number of thiazole rings is 1. The third-order valence-electron chi connectivity index (χ3n) is 2.62. The fraction of sp³-hybridized carbons (Fsp3) is 0.364. The van der Waals surface area contributed by atoms with Crippen LogP contribution in [0.25, 0.3) is 10.2 Å². The van der Waals surface area contributed by atoms with Crippen LogP contribution in [-0.2, 0) is 5.60 Å². The first-order valence-electron chi connectivity index (χ1n) is 5.24. The number of fused-ring (bicyclic) bond motifs is 1. The van der Waals surface area contributed by atoms with E-state index in [4.69, 9.17) is 5.73 Å². The Balaban J connectivity index is 2.55. The van der Waals surface area contributed by atoms with Crippen molar-refractivity contribution >= 4 is 21.6 Å². The van der Waals surface area contributed by atoms with E-state index in [1.165, 1.54) is 0 Å². The van der Waals surface area contributed by atoms with Gasteiger partial charge in [-0.05, 0) is 18.7 Å². The second-order valence-corrected chi connectivity index (χ2v) is 4.91. The maximum absolute atomic E-state index is 13.0. The van der Waals surface area contributed by atoms with Crippen LogP contribution in [0, 0.1) is 0 Å². The van der Waals surface area contributed by atoms with Gasteiger partial charge in [0.2, 0.25) is 5.60 Å². The van der Waals surface area contributed by atoms with Crippen molar-refractivity contribution in [1.82, 2.24) is 4.98 Å². The average molecular weight is 276 g/mol. The fourth-order valence-electron chi connectivity index (χ4n) is 1.63. The summed E-state index contributed by atoms with van der Waals surface area (Å²) in [6.07, 6.45) is -5.39. The molecule has 0 saturated heterocycles. The van der Waals surface area contributed by atoms with Crippen LogP contribution in [0.1, 0.15) is 11.4 Å². The Morgan fingerprint density at radius 2 is 1.94 bits per heavy atom. The second kappa shape index (κ2) is 4.49. The van der Waals surface area contributed by atoms with Crippen LogP contribution in [0.3, 0.4) is 0 Å². The molecule has 1 aromatic carbocycles. The number of nitrogens with two attached hydrogens (primary N) is 1. The smallest absolute Gasteiger partial charge is 0.374 e. The molecule has 1 aromatic heterocycles. The van der Waals surface area contributed by atoms with E-state index in [0.717, 1.165) is 11.3 Å². The minimum atomic E-state index is -4.79. The number of rotatable bonds is 3. The van der Waals surface area contributed by atoms with Crippen LogP contribution >= 0.6 is 11.3 Å². The molecule has 2 aromatic rings. The third kappa shape index (κ3) is 2.09. The van der Waals surface area contributed by atoms with Gasteiger partial charge in [-0.3, -0.25) is 0 Å². The Hall–Kier alpha value is -1.18. The van der Waals surface area contributed by atoms with E-state index < -0.39 is 18.2 Å². The summed E-state index contributed by atoms with van der Waals surface area (Å²) in [5.74, 6) is 0. The van der Waals surface area contributed by atoms with Gasteiger partial charge in [0, 0.05) is 6.42 Å². The van der Waals surface area contributed by atoms with Gasteiger partial charge < -0.3 is 10.8 Å². The van der Waals surface area contributed by atoms with Gasteiger partial charge in [-0.1, -0.05) is 12.1 Å². The second-order valence-electron chi connectivity index (χ2n) is 3.88. The molecule has 1 atom stereocenters. The van der Waals surface area contributed by atoms with Crippen molar-refractivity contribution in [1.29, 1.82) is 0 Å². The van der Waals surface area contributed by atoms with Crippen LogP contribution in [0.5, 0.6) is 0 Å². The first-order chi connectivity index (χ1) is 8.38. The zero-order chi connectivity index (χ0) is 13.4. The zero-order valence-corrected chi connectivity index (χ0v) is 10.1. The van der Waals surface area contributed by atoms with Gasteiger partial charge in [-0.2, -0.15) is 13.2 Å². The molecule has 0 aliphatic heterocycles. The summed E-state index contributed by atoms with van der Waals surface area (Å²) in [7, 11) is 0. The van der Waals surface area contributed by atoms with Crippen molar-refractivity contribution in [3.8, 4) is 0 Å². The molecule has 0 radical (unpaired) electrons. The molecule has 1 unspecified atom stereocenters. The predicted octanol–water partition coefficient (Wildman–Crippen LogP) is 2.40. The number of aliphatic hydroxyl groups is 1. The lowest BCUT2D eigenvalue weighted by Crippen LogP contribution is -2.43. The minimum absolute atomic E-state index is 0.272. The Morgan fingerprint density at radius 3 is 2.50 bits per heavy atom. The minimum Gasteiger partial charge on any atom is -0.374 e. The van der Waals surface area contributed by atoms with Gasteiger partial charge in [-0.25, -0.2) is 4.98 Å². The highest BCUT2D eigenvalue weighted by Crippen LogP contribution is 2.43. The number of alkyl halides is 3. The number of hydrogen-bond acceptors (Lipinski definition) is 4. The highest BCUT2D eigenvalue weighted by molar-refractivity contribution is 7.18. The molecule has 7 heteroatoms. The molecule has 0 bridgehead atoms. The molecule has 0 saturated carbocycles. The van der Waals surface area contributed by atoms with Gasteiger partial charge in [-0.15, -0.1) is 11.3 Å². The number of benzene rings is 1. The van der Waals surface area contributed by atoms with E-state index in [-0.39, 0.29) is 11.6 Å². The maximum Gasteiger partial charge on any atom is 0.423 e. The van der Waals surface area contributed by atoms with Crippen molar-refractivity contribution in [3.05, 3.63) is 29.3 Å². The molecule has 0 aliphatic carbocycles. The third-order valence-corrected chi connectivity index (χ3v) is 3.81. The van der Waals surface area contributed by atoms with Crippen molar-refractivity contribution in [2.75, 3.05) is 6.54 Å². The molecule has 98 valence electrons. The Morgan fingerprint density at radius 1 is 1.28 bits per heavy atom. The van der Waals surface area contributed by atoms with Crippen LogP contribution in [0.2, 0.25) is 0 Å². The molecule has 0 fully saturated rings. The number of halogens is 3. The van der Waals surface area contributed by atoms with Crippen LogP contribution in [-0.4, -0.2) is 22.8 Å². The lowest BCUT2D eigenvalue weighted by atomic mass is 10.00. The fourth-order valence-corrected chi connectivity index (χ4v) is 2.73. The Kier molecular flexibility index (Phi) is 3.31. The van der Waals surface area contributed by atoms with E-state index in [9.17, 15) is 18.3 Å². The van der Waals surface area contributed by atoms with Gasteiger partial charge in [0.25, 0.3) is 0 Å². The molecule has 18 heavy (non-hydrogen) atoms. The van der Waals surface area contributed by atoms with E-state index in [2.05, 4.69) is 4.98 Å². The van der Waals surface area contributed by atoms with Crippen molar-refractivity contribution in [2.45, 2.75) is 18.2 Å². The van der Waals surface area contributed by atoms with Crippen LogP contribution < -0.4 is 5.73 Å². The van der Waals surface area contributed by atoms with Crippen molar-refractivity contribution < 1.29 is 18.3 Å². The standard InChI is InChI=1S/C11H11F3N2OS/c12-11(13,14)10(17,5-6-15)9-16-7-3-1-2-4-8(7)18-9/h1-4,17H,5-6,15H2. The molecule has 3 nitrogen and oxygen atoms in total. The Bertz CT molecular complexity index is 521. The topological polar surface area (TPSA) is 59.1 Å². The molecule has 0 spiro atoms. The zero-order valence-electron chi connectivity index (χ0n) is 9.24. The molecular formula is C11H11F3N2OS. The van der Waals surface area contributed by atoms with Crippen LogP contribution in [0.15, 0.2) is 24.3 Å². The van der Waals surface area contributed by atoms with Gasteiger partial charge in [0.05, 0.1) is 10.2 Å². The summed E-state index contributed by atoms with van der Waals surface area (Å²) in [5.41, 5.74) is 2.63. The maximum atomic E-state index is 13.0. The van der Waals surface area contributed by atoms with E-state index in [1.54, 1.807) is 24.3 Å². The van der Waals surface area contributed by atoms with Gasteiger partial charge >= 0.3 is 6.18 Å². The molecule has 0 amide bonds. The monoisotopic (exact) mass is 276 g/mol. The lowest BCUT2D eigenvalue weighted by Gasteiger charge is -2.27. The summed E-state index contributed by atoms with van der Waals surface area (Å²) in [4.78, 5) is 3.86. The molecule has 0 aliphatic rings. The summed E-state index contributed by atoms with van der Waals surface area (Å²) in [6, 6.07) is 6.66. The lowest BCUT2D eigenvalue weighted by molar-refractivity contribution is -0.268.